The third-order valence-electron chi connectivity index (χ3n) is 1.68. The van der Waals surface area contributed by atoms with Crippen molar-refractivity contribution < 1.29 is 4.74 Å². The van der Waals surface area contributed by atoms with Crippen LogP contribution in [-0.2, 0) is 4.74 Å². The molecule has 64 valence electrons. The molecule has 2 heterocycles. The summed E-state index contributed by atoms with van der Waals surface area (Å²) in [4.78, 5) is 0. The van der Waals surface area contributed by atoms with E-state index in [0.29, 0.717) is 6.10 Å². The largest absolute Gasteiger partial charge is 0.342 e. The van der Waals surface area contributed by atoms with Gasteiger partial charge in [-0.1, -0.05) is 6.92 Å². The van der Waals surface area contributed by atoms with Crippen LogP contribution in [0, 0.1) is 0 Å². The molecule has 0 aromatic heterocycles. The van der Waals surface area contributed by atoms with Crippen LogP contribution < -0.4 is 0 Å². The zero-order chi connectivity index (χ0) is 7.90. The van der Waals surface area contributed by atoms with E-state index in [0.717, 1.165) is 11.0 Å². The molecule has 2 fully saturated rings. The van der Waals surface area contributed by atoms with Gasteiger partial charge >= 0.3 is 0 Å². The lowest BCUT2D eigenvalue weighted by atomic mass is 10.5. The van der Waals surface area contributed by atoms with Crippen LogP contribution in [0.2, 0.25) is 0 Å². The number of hydrogen-bond acceptors (Lipinski definition) is 4. The highest BCUT2D eigenvalue weighted by Gasteiger charge is 2.46. The molecule has 2 aliphatic rings. The molecule has 3 unspecified atom stereocenters. The van der Waals surface area contributed by atoms with Gasteiger partial charge in [0.25, 0.3) is 0 Å². The molecule has 3 atom stereocenters. The molecular weight excluding hydrogens is 196 g/mol. The molecule has 0 aromatic rings. The fraction of sp³-hybridized carbons (Fsp3) is 1.00. The molecular formula is C7H12OS3. The third kappa shape index (κ3) is 1.69. The van der Waals surface area contributed by atoms with Crippen LogP contribution in [0.4, 0.5) is 0 Å². The number of hydrogen-bond donors (Lipinski definition) is 0. The van der Waals surface area contributed by atoms with Gasteiger partial charge in [0.2, 0.25) is 3.60 Å². The Bertz CT molecular complexity index is 144. The average Bonchev–Trinajstić information content (AvgIpc) is 2.44. The van der Waals surface area contributed by atoms with Crippen molar-refractivity contribution in [2.24, 2.45) is 0 Å². The van der Waals surface area contributed by atoms with Crippen molar-refractivity contribution in [2.45, 2.75) is 28.8 Å². The van der Waals surface area contributed by atoms with E-state index in [-0.39, 0.29) is 3.60 Å². The maximum Gasteiger partial charge on any atom is 0.209 e. The van der Waals surface area contributed by atoms with Gasteiger partial charge in [0.15, 0.2) is 0 Å². The first-order valence-corrected chi connectivity index (χ1v) is 6.69. The fourth-order valence-corrected chi connectivity index (χ4v) is 6.48. The highest BCUT2D eigenvalue weighted by molar-refractivity contribution is 8.35. The maximum atomic E-state index is 5.87. The Hall–Kier alpha value is 1.01. The minimum Gasteiger partial charge on any atom is -0.342 e. The first-order chi connectivity index (χ1) is 5.20. The molecule has 2 saturated heterocycles. The number of thioether (sulfide) groups is 3. The van der Waals surface area contributed by atoms with Crippen LogP contribution >= 0.6 is 35.3 Å². The highest BCUT2D eigenvalue weighted by Crippen LogP contribution is 2.59. The van der Waals surface area contributed by atoms with Gasteiger partial charge in [-0.15, -0.1) is 35.3 Å². The van der Waals surface area contributed by atoms with Crippen LogP contribution in [0.3, 0.4) is 0 Å². The highest BCUT2D eigenvalue weighted by atomic mass is 32.3. The Morgan fingerprint density at radius 1 is 1.27 bits per heavy atom. The molecule has 0 aliphatic carbocycles. The summed E-state index contributed by atoms with van der Waals surface area (Å²) in [6.45, 7) is 4.44. The molecule has 0 saturated carbocycles. The van der Waals surface area contributed by atoms with E-state index >= 15 is 0 Å². The second kappa shape index (κ2) is 3.05. The van der Waals surface area contributed by atoms with Crippen molar-refractivity contribution in [2.75, 3.05) is 11.5 Å². The summed E-state index contributed by atoms with van der Waals surface area (Å²) in [6.07, 6.45) is 0.449. The summed E-state index contributed by atoms with van der Waals surface area (Å²) in [5.41, 5.74) is 0. The fourth-order valence-electron chi connectivity index (χ4n) is 1.21. The Kier molecular flexibility index (Phi) is 2.39. The van der Waals surface area contributed by atoms with Gasteiger partial charge in [-0.05, 0) is 6.92 Å². The Morgan fingerprint density at radius 2 is 2.00 bits per heavy atom. The monoisotopic (exact) mass is 208 g/mol. The summed E-state index contributed by atoms with van der Waals surface area (Å²) < 4.78 is 5.95. The minimum absolute atomic E-state index is 0.0822. The predicted molar refractivity (Wildman–Crippen MR) is 55.2 cm³/mol. The molecule has 1 nitrogen and oxygen atoms in total. The van der Waals surface area contributed by atoms with Crippen LogP contribution in [0.1, 0.15) is 13.8 Å². The van der Waals surface area contributed by atoms with Crippen molar-refractivity contribution in [1.82, 2.24) is 0 Å². The molecule has 0 amide bonds. The Balaban J connectivity index is 2.02. The Labute approximate surface area is 80.4 Å². The maximum absolute atomic E-state index is 5.87. The molecule has 0 N–H and O–H groups in total. The smallest absolute Gasteiger partial charge is 0.209 e. The second-order valence-electron chi connectivity index (χ2n) is 2.98. The van der Waals surface area contributed by atoms with Crippen molar-refractivity contribution in [3.63, 3.8) is 0 Å². The molecule has 0 aromatic carbocycles. The molecule has 2 rings (SSSR count). The van der Waals surface area contributed by atoms with E-state index in [2.05, 4.69) is 13.8 Å². The third-order valence-corrected chi connectivity index (χ3v) is 7.04. The van der Waals surface area contributed by atoms with Crippen LogP contribution in [-0.4, -0.2) is 26.5 Å². The van der Waals surface area contributed by atoms with E-state index in [1.54, 1.807) is 0 Å². The molecule has 1 spiro atoms. The molecule has 11 heavy (non-hydrogen) atoms. The minimum atomic E-state index is 0.0822. The first kappa shape index (κ1) is 8.60. The zero-order valence-corrected chi connectivity index (χ0v) is 9.15. The summed E-state index contributed by atoms with van der Waals surface area (Å²) in [5, 5.41) is 0.762. The average molecular weight is 208 g/mol. The first-order valence-electron chi connectivity index (χ1n) is 3.84. The zero-order valence-electron chi connectivity index (χ0n) is 6.70. The standard InChI is InChI=1S/C7H12OS3/c1-5-3-9-7(8-5)10-4-6(2)11-7/h5-6H,3-4H2,1-2H3. The van der Waals surface area contributed by atoms with Gasteiger partial charge in [0.05, 0.1) is 6.10 Å². The summed E-state index contributed by atoms with van der Waals surface area (Å²) in [7, 11) is 0. The topological polar surface area (TPSA) is 9.23 Å². The number of ether oxygens (including phenoxy) is 1. The quantitative estimate of drug-likeness (QED) is 0.605. The van der Waals surface area contributed by atoms with Gasteiger partial charge < -0.3 is 4.74 Å². The van der Waals surface area contributed by atoms with Crippen molar-refractivity contribution in [1.29, 1.82) is 0 Å². The SMILES string of the molecule is CC1CSC2(O1)SCC(C)S2. The molecule has 2 aliphatic heterocycles. The number of rotatable bonds is 0. The van der Waals surface area contributed by atoms with Crippen LogP contribution in [0.5, 0.6) is 0 Å². The molecule has 4 heteroatoms. The van der Waals surface area contributed by atoms with Gasteiger partial charge in [0.1, 0.15) is 0 Å². The van der Waals surface area contributed by atoms with Gasteiger partial charge in [0, 0.05) is 16.8 Å². The Morgan fingerprint density at radius 3 is 2.45 bits per heavy atom. The molecule has 0 bridgehead atoms. The van der Waals surface area contributed by atoms with E-state index in [9.17, 15) is 0 Å². The van der Waals surface area contributed by atoms with Crippen LogP contribution in [0.15, 0.2) is 0 Å². The van der Waals surface area contributed by atoms with Gasteiger partial charge in [-0.3, -0.25) is 0 Å². The lowest BCUT2D eigenvalue weighted by molar-refractivity contribution is 0.106. The van der Waals surface area contributed by atoms with E-state index in [1.807, 2.05) is 35.3 Å². The van der Waals surface area contributed by atoms with Gasteiger partial charge in [-0.2, -0.15) is 0 Å². The van der Waals surface area contributed by atoms with Gasteiger partial charge in [-0.25, -0.2) is 0 Å². The normalized spacial score (nSPS) is 50.7. The van der Waals surface area contributed by atoms with E-state index < -0.39 is 0 Å². The van der Waals surface area contributed by atoms with Crippen LogP contribution in [0.25, 0.3) is 0 Å². The van der Waals surface area contributed by atoms with E-state index in [1.165, 1.54) is 5.75 Å². The summed E-state index contributed by atoms with van der Waals surface area (Å²) >= 11 is 5.92. The lowest BCUT2D eigenvalue weighted by Gasteiger charge is -2.19. The van der Waals surface area contributed by atoms with E-state index in [4.69, 9.17) is 4.74 Å². The predicted octanol–water partition coefficient (Wildman–Crippen LogP) is 2.62. The van der Waals surface area contributed by atoms with Crippen molar-refractivity contribution in [3.8, 4) is 0 Å². The lowest BCUT2D eigenvalue weighted by Crippen LogP contribution is -2.14. The molecule has 0 radical (unpaired) electrons. The van der Waals surface area contributed by atoms with Crippen molar-refractivity contribution in [3.05, 3.63) is 0 Å². The summed E-state index contributed by atoms with van der Waals surface area (Å²) in [6, 6.07) is 0. The summed E-state index contributed by atoms with van der Waals surface area (Å²) in [5.74, 6) is 2.40. The second-order valence-corrected chi connectivity index (χ2v) is 7.76. The van der Waals surface area contributed by atoms with Crippen molar-refractivity contribution >= 4 is 35.3 Å².